The predicted octanol–water partition coefficient (Wildman–Crippen LogP) is 2.84. The predicted molar refractivity (Wildman–Crippen MR) is 102 cm³/mol. The Morgan fingerprint density at radius 3 is 2.50 bits per heavy atom. The number of likely N-dealkylation sites (tertiary alicyclic amines) is 1. The maximum atomic E-state index is 13.1. The summed E-state index contributed by atoms with van der Waals surface area (Å²) in [7, 11) is 2.09. The average molecular weight is 394 g/mol. The second kappa shape index (κ2) is 7.05. The fourth-order valence-corrected chi connectivity index (χ4v) is 5.44. The van der Waals surface area contributed by atoms with Crippen molar-refractivity contribution >= 4 is 28.6 Å². The second-order valence-corrected chi connectivity index (χ2v) is 8.88. The van der Waals surface area contributed by atoms with Gasteiger partial charge in [0.2, 0.25) is 5.60 Å². The molecule has 0 bridgehead atoms. The molecule has 5 nitrogen and oxygen atoms in total. The van der Waals surface area contributed by atoms with E-state index in [9.17, 15) is 9.90 Å². The summed E-state index contributed by atoms with van der Waals surface area (Å²) in [6.07, 6.45) is 1.79. The zero-order valence-corrected chi connectivity index (χ0v) is 16.5. The molecule has 2 saturated heterocycles. The van der Waals surface area contributed by atoms with Gasteiger partial charge in [-0.15, -0.1) is 22.7 Å². The summed E-state index contributed by atoms with van der Waals surface area (Å²) in [4.78, 5) is 16.5. The van der Waals surface area contributed by atoms with Gasteiger partial charge in [-0.25, -0.2) is 4.79 Å². The summed E-state index contributed by atoms with van der Waals surface area (Å²) in [6.45, 7) is 2.95. The number of carbonyl (C=O) groups excluding carboxylic acids is 1. The monoisotopic (exact) mass is 393 g/mol. The number of hydrogen-bond acceptors (Lipinski definition) is 7. The highest BCUT2D eigenvalue weighted by atomic mass is 32.1. The topological polar surface area (TPSA) is 62.3 Å². The van der Waals surface area contributed by atoms with E-state index in [1.165, 1.54) is 22.7 Å². The molecule has 2 aromatic heterocycles. The van der Waals surface area contributed by atoms with Crippen molar-refractivity contribution in [1.29, 1.82) is 0 Å². The lowest BCUT2D eigenvalue weighted by molar-refractivity contribution is -0.168. The van der Waals surface area contributed by atoms with Crippen LogP contribution in [0.2, 0.25) is 0 Å². The van der Waals surface area contributed by atoms with Crippen molar-refractivity contribution in [3.63, 3.8) is 0 Å². The number of fused-ring (bicyclic) bond motifs is 1. The highest BCUT2D eigenvalue weighted by molar-refractivity contribution is 7.12. The number of esters is 1. The number of morpholine rings is 1. The largest absolute Gasteiger partial charge is 0.460 e. The zero-order valence-electron chi connectivity index (χ0n) is 14.8. The lowest BCUT2D eigenvalue weighted by Gasteiger charge is -2.29. The molecule has 26 heavy (non-hydrogen) atoms. The van der Waals surface area contributed by atoms with Gasteiger partial charge < -0.3 is 14.6 Å². The molecule has 2 fully saturated rings. The van der Waals surface area contributed by atoms with Crippen molar-refractivity contribution in [2.45, 2.75) is 49.7 Å². The molecule has 0 radical (unpaired) electrons. The second-order valence-electron chi connectivity index (χ2n) is 6.98. The van der Waals surface area contributed by atoms with Crippen LogP contribution in [0.1, 0.15) is 29.5 Å². The molecule has 7 heteroatoms. The number of rotatable bonds is 7. The first-order valence-corrected chi connectivity index (χ1v) is 10.7. The number of carbonyl (C=O) groups is 1. The fourth-order valence-electron chi connectivity index (χ4n) is 3.72. The lowest BCUT2D eigenvalue weighted by atomic mass is 9.99. The van der Waals surface area contributed by atoms with E-state index in [4.69, 9.17) is 9.47 Å². The van der Waals surface area contributed by atoms with E-state index < -0.39 is 11.6 Å². The number of aliphatic hydroxyl groups is 1. The summed E-state index contributed by atoms with van der Waals surface area (Å²) >= 11 is 2.72. The molecule has 0 amide bonds. The van der Waals surface area contributed by atoms with Crippen molar-refractivity contribution in [2.24, 2.45) is 0 Å². The minimum absolute atomic E-state index is 0.246. The highest BCUT2D eigenvalue weighted by Gasteiger charge is 2.54. The van der Waals surface area contributed by atoms with Crippen LogP contribution in [0.25, 0.3) is 0 Å². The molecule has 0 spiro atoms. The zero-order chi connectivity index (χ0) is 18.3. The molecule has 140 valence electrons. The Morgan fingerprint density at radius 1 is 1.38 bits per heavy atom. The van der Waals surface area contributed by atoms with E-state index in [-0.39, 0.29) is 18.2 Å². The molecule has 4 atom stereocenters. The number of hydrogen-bond donors (Lipinski definition) is 1. The van der Waals surface area contributed by atoms with Gasteiger partial charge >= 0.3 is 5.97 Å². The van der Waals surface area contributed by atoms with Gasteiger partial charge in [0.1, 0.15) is 12.2 Å². The minimum Gasteiger partial charge on any atom is -0.460 e. The summed E-state index contributed by atoms with van der Waals surface area (Å²) in [5.74, 6) is -0.594. The van der Waals surface area contributed by atoms with Crippen LogP contribution in [0.4, 0.5) is 0 Å². The molecule has 2 aliphatic rings. The summed E-state index contributed by atoms with van der Waals surface area (Å²) in [5.41, 5.74) is -1.74. The third-order valence-corrected chi connectivity index (χ3v) is 7.28. The van der Waals surface area contributed by atoms with E-state index in [1.54, 1.807) is 12.1 Å². The van der Waals surface area contributed by atoms with E-state index in [0.29, 0.717) is 22.3 Å². The first-order chi connectivity index (χ1) is 12.5. The first-order valence-electron chi connectivity index (χ1n) is 8.91. The molecular formula is C19H23NO4S2. The van der Waals surface area contributed by atoms with Crippen molar-refractivity contribution < 1.29 is 19.4 Å². The Kier molecular flexibility index (Phi) is 4.92. The van der Waals surface area contributed by atoms with Gasteiger partial charge in [-0.1, -0.05) is 19.1 Å². The van der Waals surface area contributed by atoms with E-state index >= 15 is 0 Å². The Morgan fingerprint density at radius 2 is 2.04 bits per heavy atom. The normalized spacial score (nSPS) is 26.5. The maximum absolute atomic E-state index is 13.1. The van der Waals surface area contributed by atoms with Crippen LogP contribution in [0.5, 0.6) is 0 Å². The summed E-state index contributed by atoms with van der Waals surface area (Å²) in [5, 5.41) is 15.0. The van der Waals surface area contributed by atoms with Crippen LogP contribution < -0.4 is 0 Å². The number of ether oxygens (including phenoxy) is 2. The molecule has 0 saturated carbocycles. The third-order valence-electron chi connectivity index (χ3n) is 5.32. The molecule has 4 heterocycles. The van der Waals surface area contributed by atoms with Crippen LogP contribution in [0, 0.1) is 0 Å². The smallest absolute Gasteiger partial charge is 0.349 e. The van der Waals surface area contributed by atoms with Crippen molar-refractivity contribution in [2.75, 3.05) is 13.6 Å². The van der Waals surface area contributed by atoms with Crippen LogP contribution in [0.3, 0.4) is 0 Å². The van der Waals surface area contributed by atoms with Crippen LogP contribution in [0.15, 0.2) is 35.0 Å². The minimum atomic E-state index is -1.74. The Labute approximate surface area is 161 Å². The molecule has 4 rings (SSSR count). The first kappa shape index (κ1) is 18.1. The Balaban J connectivity index is 1.52. The SMILES string of the molecule is CCC(CC1C2OC2CN1C)OC(=O)C(O)(c1cccs1)c1cccs1. The van der Waals surface area contributed by atoms with Gasteiger partial charge in [0.25, 0.3) is 0 Å². The molecule has 2 aromatic rings. The summed E-state index contributed by atoms with van der Waals surface area (Å²) in [6, 6.07) is 7.50. The van der Waals surface area contributed by atoms with Gasteiger partial charge in [0.05, 0.1) is 15.9 Å². The van der Waals surface area contributed by atoms with Gasteiger partial charge in [-0.05, 0) is 36.4 Å². The molecule has 1 N–H and O–H groups in total. The average Bonchev–Trinajstić information content (AvgIpc) is 3.11. The summed E-state index contributed by atoms with van der Waals surface area (Å²) < 4.78 is 11.5. The molecular weight excluding hydrogens is 370 g/mol. The quantitative estimate of drug-likeness (QED) is 0.579. The van der Waals surface area contributed by atoms with Crippen LogP contribution >= 0.6 is 22.7 Å². The van der Waals surface area contributed by atoms with Crippen molar-refractivity contribution in [3.05, 3.63) is 44.8 Å². The number of likely N-dealkylation sites (N-methyl/N-ethyl adjacent to an activating group) is 1. The van der Waals surface area contributed by atoms with Crippen LogP contribution in [-0.4, -0.2) is 53.9 Å². The fraction of sp³-hybridized carbons (Fsp3) is 0.526. The van der Waals surface area contributed by atoms with Crippen molar-refractivity contribution in [1.82, 2.24) is 4.90 Å². The Hall–Kier alpha value is -1.25. The number of thiophene rings is 2. The number of nitrogens with zero attached hydrogens (tertiary/aromatic N) is 1. The third kappa shape index (κ3) is 3.12. The number of epoxide rings is 1. The molecule has 2 aliphatic heterocycles. The van der Waals surface area contributed by atoms with E-state index in [2.05, 4.69) is 11.9 Å². The molecule has 0 aromatic carbocycles. The molecule has 0 aliphatic carbocycles. The highest BCUT2D eigenvalue weighted by Crippen LogP contribution is 2.40. The van der Waals surface area contributed by atoms with Gasteiger partial charge in [0.15, 0.2) is 0 Å². The van der Waals surface area contributed by atoms with Crippen LogP contribution in [-0.2, 0) is 19.9 Å². The maximum Gasteiger partial charge on any atom is 0.349 e. The van der Waals surface area contributed by atoms with Crippen molar-refractivity contribution in [3.8, 4) is 0 Å². The molecule has 4 unspecified atom stereocenters. The van der Waals surface area contributed by atoms with Gasteiger partial charge in [-0.2, -0.15) is 0 Å². The van der Waals surface area contributed by atoms with E-state index in [0.717, 1.165) is 13.0 Å². The van der Waals surface area contributed by atoms with Gasteiger partial charge in [0, 0.05) is 19.0 Å². The Bertz CT molecular complexity index is 709. The van der Waals surface area contributed by atoms with E-state index in [1.807, 2.05) is 29.8 Å². The van der Waals surface area contributed by atoms with Gasteiger partial charge in [-0.3, -0.25) is 4.90 Å². The lowest BCUT2D eigenvalue weighted by Crippen LogP contribution is -2.41. The standard InChI is InChI=1S/C19H23NO4S2/c1-3-12(10-13-17-14(24-17)11-20(13)2)23-18(21)19(22,15-6-4-8-25-15)16-7-5-9-26-16/h4-9,12-14,17,22H,3,10-11H2,1-2H3.